The lowest BCUT2D eigenvalue weighted by Gasteiger charge is -2.09. The normalized spacial score (nSPS) is 11.5. The Morgan fingerprint density at radius 1 is 1.40 bits per heavy atom. The zero-order valence-electron chi connectivity index (χ0n) is 9.37. The molecule has 0 spiro atoms. The van der Waals surface area contributed by atoms with E-state index in [9.17, 15) is 4.79 Å². The van der Waals surface area contributed by atoms with Gasteiger partial charge in [-0.15, -0.1) is 0 Å². The van der Waals surface area contributed by atoms with E-state index < -0.39 is 5.97 Å². The van der Waals surface area contributed by atoms with E-state index in [1.54, 1.807) is 0 Å². The van der Waals surface area contributed by atoms with Crippen molar-refractivity contribution < 1.29 is 9.90 Å². The zero-order valence-corrected chi connectivity index (χ0v) is 9.37. The van der Waals surface area contributed by atoms with Crippen molar-refractivity contribution in [2.75, 3.05) is 0 Å². The predicted molar refractivity (Wildman–Crippen MR) is 61.8 cm³/mol. The van der Waals surface area contributed by atoms with Crippen LogP contribution in [-0.4, -0.2) is 11.1 Å². The number of hydrogen-bond donors (Lipinski definition) is 1. The summed E-state index contributed by atoms with van der Waals surface area (Å²) in [5.41, 5.74) is 4.19. The maximum Gasteiger partial charge on any atom is 0.328 e. The van der Waals surface area contributed by atoms with E-state index in [0.717, 1.165) is 28.7 Å². The first-order valence-corrected chi connectivity index (χ1v) is 5.05. The van der Waals surface area contributed by atoms with Crippen LogP contribution in [0, 0.1) is 13.8 Å². The van der Waals surface area contributed by atoms with Crippen molar-refractivity contribution in [3.63, 3.8) is 0 Å². The molecule has 0 radical (unpaired) electrons. The minimum absolute atomic E-state index is 0.733. The van der Waals surface area contributed by atoms with Gasteiger partial charge < -0.3 is 5.11 Å². The second-order valence-electron chi connectivity index (χ2n) is 3.68. The van der Waals surface area contributed by atoms with Crippen LogP contribution >= 0.6 is 0 Å². The van der Waals surface area contributed by atoms with Crippen molar-refractivity contribution in [1.82, 2.24) is 0 Å². The van der Waals surface area contributed by atoms with Crippen molar-refractivity contribution >= 4 is 11.5 Å². The van der Waals surface area contributed by atoms with E-state index in [1.807, 2.05) is 39.0 Å². The maximum atomic E-state index is 10.7. The molecule has 80 valence electrons. The number of carboxylic acid groups (broad SMARTS) is 1. The number of allylic oxidation sites excluding steroid dienone is 1. The standard InChI is InChI=1S/C13H16O2/c1-4-11(8-13(14)15)12-7-9(2)5-6-10(12)3/h5-8H,4H2,1-3H3,(H,14,15)/b11-8+. The summed E-state index contributed by atoms with van der Waals surface area (Å²) in [4.78, 5) is 10.7. The Bertz CT molecular complexity index is 403. The number of carbonyl (C=O) groups is 1. The first kappa shape index (κ1) is 11.5. The number of rotatable bonds is 3. The lowest BCUT2D eigenvalue weighted by molar-refractivity contribution is -0.131. The van der Waals surface area contributed by atoms with Crippen LogP contribution in [-0.2, 0) is 4.79 Å². The molecule has 2 nitrogen and oxygen atoms in total. The van der Waals surface area contributed by atoms with E-state index in [4.69, 9.17) is 5.11 Å². The van der Waals surface area contributed by atoms with Crippen LogP contribution in [0.25, 0.3) is 5.57 Å². The highest BCUT2D eigenvalue weighted by molar-refractivity contribution is 5.90. The Labute approximate surface area is 90.3 Å². The molecule has 0 aliphatic carbocycles. The van der Waals surface area contributed by atoms with Crippen molar-refractivity contribution in [2.45, 2.75) is 27.2 Å². The highest BCUT2D eigenvalue weighted by Gasteiger charge is 2.05. The molecule has 0 saturated carbocycles. The second-order valence-corrected chi connectivity index (χ2v) is 3.68. The molecule has 1 aromatic rings. The molecule has 0 heterocycles. The topological polar surface area (TPSA) is 37.3 Å². The summed E-state index contributed by atoms with van der Waals surface area (Å²) in [5, 5.41) is 8.76. The van der Waals surface area contributed by atoms with Gasteiger partial charge in [-0.05, 0) is 37.0 Å². The average Bonchev–Trinajstić information content (AvgIpc) is 2.18. The molecular formula is C13H16O2. The van der Waals surface area contributed by atoms with Gasteiger partial charge in [0.1, 0.15) is 0 Å². The predicted octanol–water partition coefficient (Wildman–Crippen LogP) is 3.18. The first-order valence-electron chi connectivity index (χ1n) is 5.05. The molecule has 1 aromatic carbocycles. The molecule has 1 rings (SSSR count). The summed E-state index contributed by atoms with van der Waals surface area (Å²) in [6.45, 7) is 5.98. The minimum atomic E-state index is -0.882. The third-order valence-corrected chi connectivity index (χ3v) is 2.42. The molecule has 0 amide bonds. The fraction of sp³-hybridized carbons (Fsp3) is 0.308. The fourth-order valence-corrected chi connectivity index (χ4v) is 1.60. The van der Waals surface area contributed by atoms with Gasteiger partial charge in [0.05, 0.1) is 0 Å². The average molecular weight is 204 g/mol. The van der Waals surface area contributed by atoms with E-state index in [1.165, 1.54) is 6.08 Å². The van der Waals surface area contributed by atoms with Crippen LogP contribution in [0.2, 0.25) is 0 Å². The van der Waals surface area contributed by atoms with E-state index >= 15 is 0 Å². The summed E-state index contributed by atoms with van der Waals surface area (Å²) < 4.78 is 0. The Hall–Kier alpha value is -1.57. The summed E-state index contributed by atoms with van der Waals surface area (Å²) in [7, 11) is 0. The molecule has 0 fully saturated rings. The van der Waals surface area contributed by atoms with Crippen molar-refractivity contribution in [3.8, 4) is 0 Å². The molecule has 0 bridgehead atoms. The summed E-state index contributed by atoms with van der Waals surface area (Å²) in [6, 6.07) is 6.09. The molecule has 2 heteroatoms. The SMILES string of the molecule is CC/C(=C\C(=O)O)c1cc(C)ccc1C. The van der Waals surface area contributed by atoms with Crippen LogP contribution in [0.5, 0.6) is 0 Å². The largest absolute Gasteiger partial charge is 0.478 e. The second kappa shape index (κ2) is 4.78. The zero-order chi connectivity index (χ0) is 11.4. The van der Waals surface area contributed by atoms with E-state index in [0.29, 0.717) is 0 Å². The summed E-state index contributed by atoms with van der Waals surface area (Å²) >= 11 is 0. The Morgan fingerprint density at radius 3 is 2.60 bits per heavy atom. The van der Waals surface area contributed by atoms with Crippen LogP contribution < -0.4 is 0 Å². The van der Waals surface area contributed by atoms with Crippen molar-refractivity contribution in [3.05, 3.63) is 41.0 Å². The van der Waals surface area contributed by atoms with Crippen molar-refractivity contribution in [2.24, 2.45) is 0 Å². The van der Waals surface area contributed by atoms with Gasteiger partial charge in [-0.2, -0.15) is 0 Å². The van der Waals surface area contributed by atoms with Crippen LogP contribution in [0.15, 0.2) is 24.3 Å². The Balaban J connectivity index is 3.23. The fourth-order valence-electron chi connectivity index (χ4n) is 1.60. The highest BCUT2D eigenvalue weighted by atomic mass is 16.4. The number of benzene rings is 1. The molecule has 0 unspecified atom stereocenters. The van der Waals surface area contributed by atoms with E-state index in [2.05, 4.69) is 0 Å². The molecule has 0 aliphatic rings. The monoisotopic (exact) mass is 204 g/mol. The lowest BCUT2D eigenvalue weighted by Crippen LogP contribution is -1.94. The van der Waals surface area contributed by atoms with Crippen LogP contribution in [0.1, 0.15) is 30.0 Å². The van der Waals surface area contributed by atoms with Crippen molar-refractivity contribution in [1.29, 1.82) is 0 Å². The highest BCUT2D eigenvalue weighted by Crippen LogP contribution is 2.22. The molecule has 0 saturated heterocycles. The van der Waals surface area contributed by atoms with Gasteiger partial charge in [-0.1, -0.05) is 30.7 Å². The molecule has 1 N–H and O–H groups in total. The summed E-state index contributed by atoms with van der Waals surface area (Å²) in [5.74, 6) is -0.882. The Kier molecular flexibility index (Phi) is 3.67. The lowest BCUT2D eigenvalue weighted by atomic mass is 9.96. The minimum Gasteiger partial charge on any atom is -0.478 e. The van der Waals surface area contributed by atoms with Gasteiger partial charge in [-0.25, -0.2) is 4.79 Å². The van der Waals surface area contributed by atoms with E-state index in [-0.39, 0.29) is 0 Å². The molecule has 0 aromatic heterocycles. The number of carboxylic acids is 1. The summed E-state index contributed by atoms with van der Waals surface area (Å²) in [6.07, 6.45) is 2.03. The quantitative estimate of drug-likeness (QED) is 0.768. The first-order chi connectivity index (χ1) is 7.04. The number of aliphatic carboxylic acids is 1. The Morgan fingerprint density at radius 2 is 2.07 bits per heavy atom. The molecule has 0 aliphatic heterocycles. The number of hydrogen-bond acceptors (Lipinski definition) is 1. The molecule has 15 heavy (non-hydrogen) atoms. The van der Waals surface area contributed by atoms with Crippen LogP contribution in [0.3, 0.4) is 0 Å². The van der Waals surface area contributed by atoms with Gasteiger partial charge in [0.2, 0.25) is 0 Å². The smallest absolute Gasteiger partial charge is 0.328 e. The van der Waals surface area contributed by atoms with Gasteiger partial charge in [0.25, 0.3) is 0 Å². The van der Waals surface area contributed by atoms with Gasteiger partial charge >= 0.3 is 5.97 Å². The van der Waals surface area contributed by atoms with Crippen LogP contribution in [0.4, 0.5) is 0 Å². The van der Waals surface area contributed by atoms with Gasteiger partial charge in [0.15, 0.2) is 0 Å². The third-order valence-electron chi connectivity index (χ3n) is 2.42. The molecule has 0 atom stereocenters. The maximum absolute atomic E-state index is 10.7. The molecular weight excluding hydrogens is 188 g/mol. The van der Waals surface area contributed by atoms with Gasteiger partial charge in [-0.3, -0.25) is 0 Å². The third kappa shape index (κ3) is 2.94. The van der Waals surface area contributed by atoms with Gasteiger partial charge in [0, 0.05) is 6.08 Å². The number of aryl methyl sites for hydroxylation is 2.